The lowest BCUT2D eigenvalue weighted by atomic mass is 10.2. The predicted molar refractivity (Wildman–Crippen MR) is 113 cm³/mol. The van der Waals surface area contributed by atoms with Gasteiger partial charge in [-0.05, 0) is 37.6 Å². The van der Waals surface area contributed by atoms with E-state index in [2.05, 4.69) is 9.71 Å². The summed E-state index contributed by atoms with van der Waals surface area (Å²) >= 11 is 5.92. The van der Waals surface area contributed by atoms with E-state index < -0.39 is 16.0 Å². The van der Waals surface area contributed by atoms with Gasteiger partial charge in [-0.3, -0.25) is 4.72 Å². The Kier molecular flexibility index (Phi) is 7.69. The zero-order valence-electron chi connectivity index (χ0n) is 16.5. The number of ether oxygens (including phenoxy) is 1. The molecule has 0 atom stereocenters. The highest BCUT2D eigenvalue weighted by Crippen LogP contribution is 2.29. The van der Waals surface area contributed by atoms with Crippen molar-refractivity contribution in [1.82, 2.24) is 4.98 Å². The first-order valence-electron chi connectivity index (χ1n) is 9.08. The lowest BCUT2D eigenvalue weighted by molar-refractivity contribution is 0.0697. The number of nitrogens with zero attached hydrogens (tertiary/aromatic N) is 2. The fourth-order valence-electron chi connectivity index (χ4n) is 2.76. The fourth-order valence-corrected chi connectivity index (χ4v) is 4.22. The minimum atomic E-state index is -4.08. The number of halogens is 1. The molecule has 0 aliphatic heterocycles. The second-order valence-electron chi connectivity index (χ2n) is 6.23. The molecule has 8 nitrogen and oxygen atoms in total. The number of carboxylic acids is 1. The minimum absolute atomic E-state index is 0.0275. The lowest BCUT2D eigenvalue weighted by Crippen LogP contribution is -2.27. The van der Waals surface area contributed by atoms with Crippen LogP contribution in [-0.2, 0) is 10.0 Å². The van der Waals surface area contributed by atoms with E-state index in [1.807, 2.05) is 18.7 Å². The number of carboxylic acid groups (broad SMARTS) is 1. The van der Waals surface area contributed by atoms with Gasteiger partial charge < -0.3 is 14.7 Å². The van der Waals surface area contributed by atoms with Gasteiger partial charge in [-0.15, -0.1) is 0 Å². The second-order valence-corrected chi connectivity index (χ2v) is 8.32. The van der Waals surface area contributed by atoms with E-state index in [1.54, 1.807) is 0 Å². The first-order valence-corrected chi connectivity index (χ1v) is 10.9. The molecule has 0 aliphatic carbocycles. The van der Waals surface area contributed by atoms with Crippen LogP contribution in [0.5, 0.6) is 5.75 Å². The third-order valence-electron chi connectivity index (χ3n) is 4.23. The molecule has 0 saturated heterocycles. The molecular weight excluding hydrogens is 418 g/mol. The summed E-state index contributed by atoms with van der Waals surface area (Å²) < 4.78 is 33.0. The maximum atomic E-state index is 12.8. The van der Waals surface area contributed by atoms with Gasteiger partial charge in [-0.25, -0.2) is 18.2 Å². The summed E-state index contributed by atoms with van der Waals surface area (Å²) in [5, 5.41) is 9.84. The summed E-state index contributed by atoms with van der Waals surface area (Å²) in [5.74, 6) is -0.776. The van der Waals surface area contributed by atoms with Crippen LogP contribution < -0.4 is 14.4 Å². The molecule has 0 bridgehead atoms. The number of pyridine rings is 1. The molecule has 10 heteroatoms. The summed E-state index contributed by atoms with van der Waals surface area (Å²) in [6.45, 7) is 5.19. The van der Waals surface area contributed by atoms with E-state index in [9.17, 15) is 18.3 Å². The molecule has 0 aliphatic rings. The van der Waals surface area contributed by atoms with Crippen LogP contribution in [0.3, 0.4) is 0 Å². The number of rotatable bonds is 10. The van der Waals surface area contributed by atoms with Crippen LogP contribution in [0.2, 0.25) is 5.02 Å². The number of carbonyl (C=O) groups is 1. The van der Waals surface area contributed by atoms with Crippen LogP contribution in [0.15, 0.2) is 35.4 Å². The van der Waals surface area contributed by atoms with E-state index >= 15 is 0 Å². The predicted octanol–water partition coefficient (Wildman–Crippen LogP) is 3.87. The smallest absolute Gasteiger partial charge is 0.339 e. The van der Waals surface area contributed by atoms with Gasteiger partial charge >= 0.3 is 5.97 Å². The summed E-state index contributed by atoms with van der Waals surface area (Å²) in [4.78, 5) is 17.7. The number of benzene rings is 1. The molecule has 2 rings (SSSR count). The number of aromatic carboxylic acids is 1. The highest BCUT2D eigenvalue weighted by atomic mass is 35.5. The van der Waals surface area contributed by atoms with Crippen molar-refractivity contribution in [3.8, 4) is 5.75 Å². The highest BCUT2D eigenvalue weighted by Gasteiger charge is 2.23. The zero-order chi connectivity index (χ0) is 21.6. The number of sulfonamides is 1. The standard InChI is InChI=1S/C19H24ClN3O5S/c1-4-6-9-23(5-2)18-15(19(24)25)11-14(12-21-18)22-29(26,27)17-10-13(20)7-8-16(17)28-3/h7-8,10-12,22H,4-6,9H2,1-3H3,(H,24,25). The number of hydrogen-bond acceptors (Lipinski definition) is 6. The van der Waals surface area contributed by atoms with Crippen molar-refractivity contribution in [2.45, 2.75) is 31.6 Å². The Morgan fingerprint density at radius 3 is 2.62 bits per heavy atom. The van der Waals surface area contributed by atoms with Gasteiger partial charge in [0.05, 0.1) is 19.0 Å². The summed E-state index contributed by atoms with van der Waals surface area (Å²) in [5.41, 5.74) is -0.0547. The molecule has 2 aromatic rings. The molecule has 158 valence electrons. The molecule has 0 unspecified atom stereocenters. The van der Waals surface area contributed by atoms with E-state index in [0.717, 1.165) is 12.8 Å². The van der Waals surface area contributed by atoms with Crippen molar-refractivity contribution < 1.29 is 23.1 Å². The van der Waals surface area contributed by atoms with Gasteiger partial charge in [0.1, 0.15) is 22.0 Å². The van der Waals surface area contributed by atoms with E-state index in [-0.39, 0.29) is 26.9 Å². The first kappa shape index (κ1) is 22.8. The number of hydrogen-bond donors (Lipinski definition) is 2. The normalized spacial score (nSPS) is 11.2. The molecule has 0 spiro atoms. The molecule has 1 heterocycles. The van der Waals surface area contributed by atoms with Gasteiger partial charge in [0.2, 0.25) is 0 Å². The van der Waals surface area contributed by atoms with Crippen molar-refractivity contribution in [3.63, 3.8) is 0 Å². The average molecular weight is 442 g/mol. The van der Waals surface area contributed by atoms with Gasteiger partial charge in [-0.1, -0.05) is 24.9 Å². The Bertz CT molecular complexity index is 982. The third-order valence-corrected chi connectivity index (χ3v) is 5.86. The van der Waals surface area contributed by atoms with Crippen molar-refractivity contribution in [2.24, 2.45) is 0 Å². The molecule has 1 aromatic heterocycles. The maximum absolute atomic E-state index is 12.8. The maximum Gasteiger partial charge on any atom is 0.339 e. The Labute approximate surface area is 175 Å². The van der Waals surface area contributed by atoms with Crippen LogP contribution in [0.1, 0.15) is 37.0 Å². The molecular formula is C19H24ClN3O5S. The molecule has 1 aromatic carbocycles. The Morgan fingerprint density at radius 1 is 1.31 bits per heavy atom. The summed E-state index contributed by atoms with van der Waals surface area (Å²) in [6, 6.07) is 5.46. The van der Waals surface area contributed by atoms with Crippen LogP contribution >= 0.6 is 11.6 Å². The van der Waals surface area contributed by atoms with Crippen molar-refractivity contribution in [2.75, 3.05) is 29.8 Å². The van der Waals surface area contributed by atoms with Crippen molar-refractivity contribution in [1.29, 1.82) is 0 Å². The van der Waals surface area contributed by atoms with Crippen molar-refractivity contribution >= 4 is 39.1 Å². The number of nitrogens with one attached hydrogen (secondary N) is 1. The van der Waals surface area contributed by atoms with Crippen LogP contribution in [0, 0.1) is 0 Å². The quantitative estimate of drug-likeness (QED) is 0.576. The second kappa shape index (κ2) is 9.80. The molecule has 0 amide bonds. The van der Waals surface area contributed by atoms with Crippen molar-refractivity contribution in [3.05, 3.63) is 41.0 Å². The van der Waals surface area contributed by atoms with Gasteiger partial charge in [-0.2, -0.15) is 0 Å². The van der Waals surface area contributed by atoms with Gasteiger partial charge in [0.15, 0.2) is 0 Å². The van der Waals surface area contributed by atoms with E-state index in [0.29, 0.717) is 18.9 Å². The number of anilines is 2. The van der Waals surface area contributed by atoms with Crippen LogP contribution in [-0.4, -0.2) is 44.7 Å². The minimum Gasteiger partial charge on any atom is -0.495 e. The molecule has 0 fully saturated rings. The monoisotopic (exact) mass is 441 g/mol. The van der Waals surface area contributed by atoms with Gasteiger partial charge in [0.25, 0.3) is 10.0 Å². The number of methoxy groups -OCH3 is 1. The van der Waals surface area contributed by atoms with Gasteiger partial charge in [0, 0.05) is 18.1 Å². The highest BCUT2D eigenvalue weighted by molar-refractivity contribution is 7.92. The zero-order valence-corrected chi connectivity index (χ0v) is 18.0. The first-order chi connectivity index (χ1) is 13.7. The Hall–Kier alpha value is -2.52. The molecule has 2 N–H and O–H groups in total. The third kappa shape index (κ3) is 5.51. The van der Waals surface area contributed by atoms with Crippen LogP contribution in [0.4, 0.5) is 11.5 Å². The number of aromatic nitrogens is 1. The van der Waals surface area contributed by atoms with E-state index in [4.69, 9.17) is 16.3 Å². The fraction of sp³-hybridized carbons (Fsp3) is 0.368. The molecule has 29 heavy (non-hydrogen) atoms. The lowest BCUT2D eigenvalue weighted by Gasteiger charge is -2.23. The number of unbranched alkanes of at least 4 members (excludes halogenated alkanes) is 1. The summed E-state index contributed by atoms with van der Waals surface area (Å²) in [6.07, 6.45) is 3.14. The SMILES string of the molecule is CCCCN(CC)c1ncc(NS(=O)(=O)c2cc(Cl)ccc2OC)cc1C(=O)O. The molecule has 0 radical (unpaired) electrons. The average Bonchev–Trinajstić information content (AvgIpc) is 2.68. The topological polar surface area (TPSA) is 109 Å². The molecule has 0 saturated carbocycles. The summed E-state index contributed by atoms with van der Waals surface area (Å²) in [7, 11) is -2.74. The largest absolute Gasteiger partial charge is 0.495 e. The van der Waals surface area contributed by atoms with Crippen LogP contribution in [0.25, 0.3) is 0 Å². The van der Waals surface area contributed by atoms with E-state index in [1.165, 1.54) is 37.6 Å². The Morgan fingerprint density at radius 2 is 2.03 bits per heavy atom. The Balaban J connectivity index is 2.42.